The summed E-state index contributed by atoms with van der Waals surface area (Å²) in [4.78, 5) is 28.5. The fourth-order valence-corrected chi connectivity index (χ4v) is 2.88. The molecule has 1 saturated heterocycles. The zero-order chi connectivity index (χ0) is 19.1. The first-order valence-corrected chi connectivity index (χ1v) is 9.43. The van der Waals surface area contributed by atoms with Gasteiger partial charge in [-0.05, 0) is 39.3 Å². The number of amides is 2. The Bertz CT molecular complexity index is 595. The van der Waals surface area contributed by atoms with Crippen LogP contribution in [0.15, 0.2) is 24.3 Å². The van der Waals surface area contributed by atoms with Gasteiger partial charge in [0.25, 0.3) is 5.91 Å². The number of hydrogen-bond acceptors (Lipinski definition) is 4. The van der Waals surface area contributed by atoms with E-state index in [9.17, 15) is 9.59 Å². The fourth-order valence-electron chi connectivity index (χ4n) is 2.88. The van der Waals surface area contributed by atoms with Gasteiger partial charge in [0.05, 0.1) is 6.54 Å². The third-order valence-corrected chi connectivity index (χ3v) is 4.75. The first-order valence-electron chi connectivity index (χ1n) is 9.43. The van der Waals surface area contributed by atoms with Crippen LogP contribution in [-0.4, -0.2) is 66.5 Å². The van der Waals surface area contributed by atoms with Crippen LogP contribution in [-0.2, 0) is 9.59 Å². The molecule has 1 heterocycles. The van der Waals surface area contributed by atoms with Crippen molar-refractivity contribution in [1.29, 1.82) is 0 Å². The number of ether oxygens (including phenoxy) is 1. The normalized spacial score (nSPS) is 17.5. The number of nitrogens with one attached hydrogen (secondary N) is 1. The van der Waals surface area contributed by atoms with Gasteiger partial charge in [-0.15, -0.1) is 0 Å². The van der Waals surface area contributed by atoms with Gasteiger partial charge in [-0.25, -0.2) is 0 Å². The molecule has 6 heteroatoms. The minimum absolute atomic E-state index is 0.00529. The molecule has 1 aliphatic rings. The maximum atomic E-state index is 12.6. The van der Waals surface area contributed by atoms with Crippen molar-refractivity contribution in [3.8, 4) is 5.75 Å². The third-order valence-electron chi connectivity index (χ3n) is 4.75. The van der Waals surface area contributed by atoms with Crippen LogP contribution in [0.2, 0.25) is 0 Å². The van der Waals surface area contributed by atoms with Crippen LogP contribution in [0.4, 0.5) is 0 Å². The number of aryl methyl sites for hydroxylation is 1. The van der Waals surface area contributed by atoms with E-state index in [2.05, 4.69) is 17.1 Å². The standard InChI is InChI=1S/C20H31N3O3/c1-5-16(3)21-19(24)14-22-10-12-23(13-11-22)20(25)17(4)26-18-8-6-15(2)7-9-18/h6-9,16-17H,5,10-14H2,1-4H3,(H,21,24). The van der Waals surface area contributed by atoms with E-state index >= 15 is 0 Å². The molecule has 1 aromatic carbocycles. The van der Waals surface area contributed by atoms with Crippen molar-refractivity contribution < 1.29 is 14.3 Å². The number of rotatable bonds is 7. The maximum Gasteiger partial charge on any atom is 0.263 e. The first kappa shape index (κ1) is 20.2. The second-order valence-corrected chi connectivity index (χ2v) is 7.05. The second kappa shape index (κ2) is 9.57. The maximum absolute atomic E-state index is 12.6. The van der Waals surface area contributed by atoms with Gasteiger partial charge in [0.15, 0.2) is 6.10 Å². The van der Waals surface area contributed by atoms with Gasteiger partial charge < -0.3 is 15.0 Å². The molecule has 2 atom stereocenters. The number of piperazine rings is 1. The van der Waals surface area contributed by atoms with Crippen molar-refractivity contribution in [2.45, 2.75) is 46.3 Å². The molecule has 0 aromatic heterocycles. The summed E-state index contributed by atoms with van der Waals surface area (Å²) in [6, 6.07) is 7.90. The fraction of sp³-hybridized carbons (Fsp3) is 0.600. The Morgan fingerprint density at radius 1 is 1.12 bits per heavy atom. The van der Waals surface area contributed by atoms with Gasteiger partial charge in [0, 0.05) is 32.2 Å². The van der Waals surface area contributed by atoms with Crippen LogP contribution < -0.4 is 10.1 Å². The molecule has 0 spiro atoms. The molecule has 1 aliphatic heterocycles. The number of nitrogens with zero attached hydrogens (tertiary/aromatic N) is 2. The molecule has 144 valence electrons. The van der Waals surface area contributed by atoms with E-state index in [4.69, 9.17) is 4.74 Å². The van der Waals surface area contributed by atoms with E-state index < -0.39 is 6.10 Å². The number of benzene rings is 1. The Balaban J connectivity index is 1.76. The van der Waals surface area contributed by atoms with Crippen LogP contribution >= 0.6 is 0 Å². The Kier molecular flexibility index (Phi) is 7.45. The summed E-state index contributed by atoms with van der Waals surface area (Å²) in [5.74, 6) is 0.751. The zero-order valence-corrected chi connectivity index (χ0v) is 16.3. The summed E-state index contributed by atoms with van der Waals surface area (Å²) in [6.07, 6.45) is 0.408. The molecule has 1 aromatic rings. The molecule has 26 heavy (non-hydrogen) atoms. The highest BCUT2D eigenvalue weighted by molar-refractivity contribution is 5.81. The van der Waals surface area contributed by atoms with Crippen LogP contribution in [0.1, 0.15) is 32.8 Å². The Labute approximate surface area is 156 Å². The molecule has 0 bridgehead atoms. The smallest absolute Gasteiger partial charge is 0.263 e. The Morgan fingerprint density at radius 2 is 1.73 bits per heavy atom. The average Bonchev–Trinajstić information content (AvgIpc) is 2.63. The number of hydrogen-bond donors (Lipinski definition) is 1. The third kappa shape index (κ3) is 6.02. The van der Waals surface area contributed by atoms with E-state index in [1.807, 2.05) is 43.0 Å². The van der Waals surface area contributed by atoms with Crippen molar-refractivity contribution >= 4 is 11.8 Å². The summed E-state index contributed by atoms with van der Waals surface area (Å²) in [7, 11) is 0. The zero-order valence-electron chi connectivity index (χ0n) is 16.3. The molecule has 0 aliphatic carbocycles. The predicted molar refractivity (Wildman–Crippen MR) is 102 cm³/mol. The number of carbonyl (C=O) groups excluding carboxylic acids is 2. The average molecular weight is 361 g/mol. The lowest BCUT2D eigenvalue weighted by Gasteiger charge is -2.35. The lowest BCUT2D eigenvalue weighted by molar-refractivity contribution is -0.139. The highest BCUT2D eigenvalue weighted by atomic mass is 16.5. The van der Waals surface area contributed by atoms with Crippen LogP contribution in [0.3, 0.4) is 0 Å². The number of carbonyl (C=O) groups is 2. The van der Waals surface area contributed by atoms with Crippen molar-refractivity contribution in [2.75, 3.05) is 32.7 Å². The van der Waals surface area contributed by atoms with Crippen molar-refractivity contribution in [3.63, 3.8) is 0 Å². The minimum atomic E-state index is -0.516. The summed E-state index contributed by atoms with van der Waals surface area (Å²) in [6.45, 7) is 10.9. The molecule has 1 N–H and O–H groups in total. The molecular weight excluding hydrogens is 330 g/mol. The summed E-state index contributed by atoms with van der Waals surface area (Å²) < 4.78 is 5.76. The van der Waals surface area contributed by atoms with E-state index in [1.165, 1.54) is 0 Å². The first-order chi connectivity index (χ1) is 12.4. The van der Waals surface area contributed by atoms with E-state index in [-0.39, 0.29) is 17.9 Å². The van der Waals surface area contributed by atoms with E-state index in [0.29, 0.717) is 38.5 Å². The Hall–Kier alpha value is -2.08. The van der Waals surface area contributed by atoms with Gasteiger partial charge in [0.2, 0.25) is 5.91 Å². The Morgan fingerprint density at radius 3 is 2.31 bits per heavy atom. The van der Waals surface area contributed by atoms with Crippen LogP contribution in [0.5, 0.6) is 5.75 Å². The lowest BCUT2D eigenvalue weighted by atomic mass is 10.2. The molecule has 0 radical (unpaired) electrons. The van der Waals surface area contributed by atoms with E-state index in [1.54, 1.807) is 6.92 Å². The van der Waals surface area contributed by atoms with Crippen molar-refractivity contribution in [3.05, 3.63) is 29.8 Å². The predicted octanol–water partition coefficient (Wildman–Crippen LogP) is 1.82. The van der Waals surface area contributed by atoms with Gasteiger partial charge in [-0.1, -0.05) is 24.6 Å². The topological polar surface area (TPSA) is 61.9 Å². The monoisotopic (exact) mass is 361 g/mol. The van der Waals surface area contributed by atoms with Gasteiger partial charge in [0.1, 0.15) is 5.75 Å². The van der Waals surface area contributed by atoms with Crippen LogP contribution in [0.25, 0.3) is 0 Å². The summed E-state index contributed by atoms with van der Waals surface area (Å²) in [5.41, 5.74) is 1.16. The largest absolute Gasteiger partial charge is 0.481 e. The van der Waals surface area contributed by atoms with E-state index in [0.717, 1.165) is 12.0 Å². The summed E-state index contributed by atoms with van der Waals surface area (Å²) >= 11 is 0. The quantitative estimate of drug-likeness (QED) is 0.805. The highest BCUT2D eigenvalue weighted by Gasteiger charge is 2.26. The molecular formula is C20H31N3O3. The summed E-state index contributed by atoms with van der Waals surface area (Å²) in [5, 5.41) is 2.98. The highest BCUT2D eigenvalue weighted by Crippen LogP contribution is 2.15. The van der Waals surface area contributed by atoms with Gasteiger partial charge in [-0.2, -0.15) is 0 Å². The molecule has 2 unspecified atom stereocenters. The minimum Gasteiger partial charge on any atom is -0.481 e. The molecule has 1 fully saturated rings. The van der Waals surface area contributed by atoms with Gasteiger partial charge in [-0.3, -0.25) is 14.5 Å². The second-order valence-electron chi connectivity index (χ2n) is 7.05. The van der Waals surface area contributed by atoms with Crippen LogP contribution in [0, 0.1) is 6.92 Å². The molecule has 6 nitrogen and oxygen atoms in total. The van der Waals surface area contributed by atoms with Gasteiger partial charge >= 0.3 is 0 Å². The van der Waals surface area contributed by atoms with Crippen molar-refractivity contribution in [2.24, 2.45) is 0 Å². The molecule has 2 amide bonds. The molecule has 0 saturated carbocycles. The molecule has 2 rings (SSSR count). The van der Waals surface area contributed by atoms with Crippen molar-refractivity contribution in [1.82, 2.24) is 15.1 Å². The SMILES string of the molecule is CCC(C)NC(=O)CN1CCN(C(=O)C(C)Oc2ccc(C)cc2)CC1. The lowest BCUT2D eigenvalue weighted by Crippen LogP contribution is -2.53.